The van der Waals surface area contributed by atoms with Crippen LogP contribution in [0, 0.1) is 5.92 Å². The molecule has 2 saturated carbocycles. The van der Waals surface area contributed by atoms with Crippen molar-refractivity contribution in [2.45, 2.75) is 56.7 Å². The van der Waals surface area contributed by atoms with Crippen LogP contribution in [0.5, 0.6) is 0 Å². The number of rotatable bonds is 3. The largest absolute Gasteiger partial charge is 0.340 e. The highest BCUT2D eigenvalue weighted by Crippen LogP contribution is 2.42. The zero-order valence-corrected chi connectivity index (χ0v) is 12.7. The molecule has 3 aliphatic rings. The maximum atomic E-state index is 13.1. The summed E-state index contributed by atoms with van der Waals surface area (Å²) in [7, 11) is 0. The summed E-state index contributed by atoms with van der Waals surface area (Å²) < 4.78 is 0. The second kappa shape index (κ2) is 4.80. The van der Waals surface area contributed by atoms with Crippen LogP contribution in [0.25, 0.3) is 0 Å². The van der Waals surface area contributed by atoms with Gasteiger partial charge in [0.05, 0.1) is 6.54 Å². The molecule has 1 aromatic rings. The number of nitrogens with one attached hydrogen (secondary N) is 1. The summed E-state index contributed by atoms with van der Waals surface area (Å²) in [6.07, 6.45) is 7.45. The minimum atomic E-state index is -0.625. The first-order chi connectivity index (χ1) is 10.2. The van der Waals surface area contributed by atoms with E-state index in [0.29, 0.717) is 12.5 Å². The monoisotopic (exact) mass is 305 g/mol. The molecule has 2 aliphatic carbocycles. The second-order valence-electron chi connectivity index (χ2n) is 6.42. The fourth-order valence-electron chi connectivity index (χ4n) is 3.75. The normalized spacial score (nSPS) is 28.2. The van der Waals surface area contributed by atoms with E-state index in [9.17, 15) is 9.59 Å². The maximum absolute atomic E-state index is 13.1. The Morgan fingerprint density at radius 1 is 1.33 bits per heavy atom. The van der Waals surface area contributed by atoms with Gasteiger partial charge in [0.25, 0.3) is 0 Å². The van der Waals surface area contributed by atoms with Crippen molar-refractivity contribution in [2.75, 3.05) is 0 Å². The van der Waals surface area contributed by atoms with Crippen molar-refractivity contribution in [1.82, 2.24) is 15.2 Å². The molecule has 0 bridgehead atoms. The Bertz CT molecular complexity index is 561. The van der Waals surface area contributed by atoms with E-state index in [-0.39, 0.29) is 17.9 Å². The van der Waals surface area contributed by atoms with Crippen LogP contribution in [0.1, 0.15) is 43.5 Å². The first kappa shape index (κ1) is 13.2. The number of thiazole rings is 1. The molecular formula is C15H19N3O2S. The summed E-state index contributed by atoms with van der Waals surface area (Å²) in [5, 5.41) is 5.91. The molecule has 1 aromatic heterocycles. The van der Waals surface area contributed by atoms with Gasteiger partial charge in [-0.2, -0.15) is 0 Å². The third-order valence-electron chi connectivity index (χ3n) is 4.95. The van der Waals surface area contributed by atoms with Gasteiger partial charge in [-0.05, 0) is 31.6 Å². The average molecular weight is 305 g/mol. The Morgan fingerprint density at radius 2 is 2.10 bits per heavy atom. The summed E-state index contributed by atoms with van der Waals surface area (Å²) in [6, 6.07) is -0.285. The molecule has 1 atom stereocenters. The quantitative estimate of drug-likeness (QED) is 0.924. The lowest BCUT2D eigenvalue weighted by Gasteiger charge is -2.44. The van der Waals surface area contributed by atoms with Crippen LogP contribution in [-0.2, 0) is 16.1 Å². The van der Waals surface area contributed by atoms with Crippen molar-refractivity contribution in [1.29, 1.82) is 0 Å². The number of carbonyl (C=O) groups excluding carboxylic acids is 2. The van der Waals surface area contributed by atoms with Gasteiger partial charge in [0.2, 0.25) is 11.8 Å². The smallest absolute Gasteiger partial charge is 0.249 e. The van der Waals surface area contributed by atoms with E-state index in [1.165, 1.54) is 0 Å². The van der Waals surface area contributed by atoms with E-state index in [4.69, 9.17) is 0 Å². The number of carbonyl (C=O) groups is 2. The Kier molecular flexibility index (Phi) is 3.03. The number of hydrogen-bond donors (Lipinski definition) is 1. The van der Waals surface area contributed by atoms with E-state index in [2.05, 4.69) is 10.3 Å². The zero-order chi connectivity index (χ0) is 14.4. The molecule has 1 N–H and O–H groups in total. The molecule has 2 heterocycles. The van der Waals surface area contributed by atoms with Crippen molar-refractivity contribution in [3.05, 3.63) is 16.6 Å². The number of nitrogens with zero attached hydrogens (tertiary/aromatic N) is 2. The average Bonchev–Trinajstić information content (AvgIpc) is 2.98. The predicted molar refractivity (Wildman–Crippen MR) is 78.5 cm³/mol. The van der Waals surface area contributed by atoms with Gasteiger partial charge in [-0.1, -0.05) is 12.8 Å². The molecule has 1 unspecified atom stereocenters. The molecule has 4 rings (SSSR count). The van der Waals surface area contributed by atoms with Crippen molar-refractivity contribution in [3.8, 4) is 0 Å². The number of piperazine rings is 1. The molecule has 1 saturated heterocycles. The molecule has 3 fully saturated rings. The third-order valence-corrected chi connectivity index (χ3v) is 5.72. The molecule has 112 valence electrons. The first-order valence-corrected chi connectivity index (χ1v) is 8.59. The molecule has 2 amide bonds. The lowest BCUT2D eigenvalue weighted by molar-refractivity contribution is -0.156. The van der Waals surface area contributed by atoms with Crippen LogP contribution in [0.4, 0.5) is 0 Å². The maximum Gasteiger partial charge on any atom is 0.249 e. The fourth-order valence-corrected chi connectivity index (χ4v) is 4.36. The van der Waals surface area contributed by atoms with Crippen molar-refractivity contribution < 1.29 is 9.59 Å². The second-order valence-corrected chi connectivity index (χ2v) is 7.40. The molecule has 1 spiro atoms. The minimum Gasteiger partial charge on any atom is -0.340 e. The van der Waals surface area contributed by atoms with Crippen LogP contribution in [0.15, 0.2) is 11.6 Å². The molecule has 0 aromatic carbocycles. The van der Waals surface area contributed by atoms with Gasteiger partial charge in [0.1, 0.15) is 16.6 Å². The van der Waals surface area contributed by atoms with Crippen LogP contribution < -0.4 is 5.32 Å². The molecule has 21 heavy (non-hydrogen) atoms. The van der Waals surface area contributed by atoms with E-state index in [1.54, 1.807) is 17.5 Å². The molecule has 0 radical (unpaired) electrons. The van der Waals surface area contributed by atoms with Gasteiger partial charge < -0.3 is 10.2 Å². The molecular weight excluding hydrogens is 286 g/mol. The van der Waals surface area contributed by atoms with E-state index < -0.39 is 5.54 Å². The highest BCUT2D eigenvalue weighted by Gasteiger charge is 2.55. The van der Waals surface area contributed by atoms with E-state index >= 15 is 0 Å². The standard InChI is InChI=1S/C15H19N3O2S/c19-13-12(10-3-4-10)18(9-11-16-7-8-21-11)14(20)15(17-13)5-1-2-6-15/h7-8,10,12H,1-6,9H2,(H,17,19). The summed E-state index contributed by atoms with van der Waals surface area (Å²) >= 11 is 1.55. The number of hydrogen-bond acceptors (Lipinski definition) is 4. The third kappa shape index (κ3) is 2.16. The van der Waals surface area contributed by atoms with Crippen molar-refractivity contribution >= 4 is 23.2 Å². The lowest BCUT2D eigenvalue weighted by atomic mass is 9.89. The van der Waals surface area contributed by atoms with Crippen LogP contribution in [0.2, 0.25) is 0 Å². The predicted octanol–water partition coefficient (Wildman–Crippen LogP) is 1.69. The molecule has 1 aliphatic heterocycles. The summed E-state index contributed by atoms with van der Waals surface area (Å²) in [5.74, 6) is 0.509. The Labute approximate surface area is 127 Å². The summed E-state index contributed by atoms with van der Waals surface area (Å²) in [6.45, 7) is 0.479. The van der Waals surface area contributed by atoms with Gasteiger partial charge >= 0.3 is 0 Å². The van der Waals surface area contributed by atoms with Gasteiger partial charge in [-0.15, -0.1) is 11.3 Å². The van der Waals surface area contributed by atoms with Crippen LogP contribution in [0.3, 0.4) is 0 Å². The Balaban J connectivity index is 1.66. The number of amides is 2. The SMILES string of the molecule is O=C1NC2(CCCC2)C(=O)N(Cc2nccs2)C1C1CC1. The topological polar surface area (TPSA) is 62.3 Å². The Hall–Kier alpha value is -1.43. The minimum absolute atomic E-state index is 0.0514. The summed E-state index contributed by atoms with van der Waals surface area (Å²) in [5.41, 5.74) is -0.625. The highest BCUT2D eigenvalue weighted by atomic mass is 32.1. The van der Waals surface area contributed by atoms with Gasteiger partial charge in [-0.25, -0.2) is 4.98 Å². The lowest BCUT2D eigenvalue weighted by Crippen LogP contribution is -2.69. The van der Waals surface area contributed by atoms with Gasteiger partial charge in [-0.3, -0.25) is 9.59 Å². The van der Waals surface area contributed by atoms with E-state index in [0.717, 1.165) is 43.5 Å². The summed E-state index contributed by atoms with van der Waals surface area (Å²) in [4.78, 5) is 31.8. The first-order valence-electron chi connectivity index (χ1n) is 7.71. The van der Waals surface area contributed by atoms with Crippen LogP contribution >= 0.6 is 11.3 Å². The zero-order valence-electron chi connectivity index (χ0n) is 11.9. The van der Waals surface area contributed by atoms with Gasteiger partial charge in [0, 0.05) is 11.6 Å². The van der Waals surface area contributed by atoms with E-state index in [1.807, 2.05) is 10.3 Å². The van der Waals surface area contributed by atoms with Crippen molar-refractivity contribution in [2.24, 2.45) is 5.92 Å². The van der Waals surface area contributed by atoms with Crippen molar-refractivity contribution in [3.63, 3.8) is 0 Å². The van der Waals surface area contributed by atoms with Gasteiger partial charge in [0.15, 0.2) is 0 Å². The number of aromatic nitrogens is 1. The van der Waals surface area contributed by atoms with Crippen LogP contribution in [-0.4, -0.2) is 33.3 Å². The molecule has 5 nitrogen and oxygen atoms in total. The fraction of sp³-hybridized carbons (Fsp3) is 0.667. The molecule has 6 heteroatoms. The highest BCUT2D eigenvalue weighted by molar-refractivity contribution is 7.09. The Morgan fingerprint density at radius 3 is 2.71 bits per heavy atom.